The van der Waals surface area contributed by atoms with Crippen molar-refractivity contribution < 1.29 is 14.7 Å². The number of hydrogen-bond donors (Lipinski definition) is 3. The molecule has 0 saturated heterocycles. The quantitative estimate of drug-likeness (QED) is 0.394. The van der Waals surface area contributed by atoms with E-state index in [1.165, 1.54) is 11.8 Å². The van der Waals surface area contributed by atoms with Crippen LogP contribution in [0.25, 0.3) is 0 Å². The molecule has 21 heavy (non-hydrogen) atoms. The Bertz CT molecular complexity index is 585. The lowest BCUT2D eigenvalue weighted by Gasteiger charge is -2.10. The van der Waals surface area contributed by atoms with Crippen LogP contribution in [0.5, 0.6) is 0 Å². The first-order valence-corrected chi connectivity index (χ1v) is 7.75. The maximum atomic E-state index is 12.1. The fourth-order valence-electron chi connectivity index (χ4n) is 1.80. The van der Waals surface area contributed by atoms with Crippen molar-refractivity contribution in [1.29, 1.82) is 0 Å². The average Bonchev–Trinajstić information content (AvgIpc) is 2.41. The number of thioether (sulfide) groups is 1. The summed E-state index contributed by atoms with van der Waals surface area (Å²) >= 11 is 1.23. The number of nitrogens with one attached hydrogen (secondary N) is 2. The maximum absolute atomic E-state index is 12.1. The zero-order chi connectivity index (χ0) is 16.0. The monoisotopic (exact) mass is 313 g/mol. The van der Waals surface area contributed by atoms with Gasteiger partial charge in [-0.25, -0.2) is 4.79 Å². The molecule has 1 atom stereocenters. The van der Waals surface area contributed by atoms with E-state index in [2.05, 4.69) is 15.3 Å². The molecule has 7 nitrogen and oxygen atoms in total. The van der Waals surface area contributed by atoms with Crippen LogP contribution >= 0.6 is 11.8 Å². The van der Waals surface area contributed by atoms with Crippen molar-refractivity contribution in [3.05, 3.63) is 21.7 Å². The first kappa shape index (κ1) is 17.2. The number of H-pyrrole nitrogens is 1. The topological polar surface area (TPSA) is 112 Å². The van der Waals surface area contributed by atoms with Crippen LogP contribution in [-0.2, 0) is 4.79 Å². The highest BCUT2D eigenvalue weighted by atomic mass is 32.2. The van der Waals surface area contributed by atoms with Crippen LogP contribution in [0, 0.1) is 12.8 Å². The van der Waals surface area contributed by atoms with Crippen molar-refractivity contribution in [3.8, 4) is 0 Å². The number of aryl methyl sites for hydroxylation is 1. The minimum absolute atomic E-state index is 0.316. The van der Waals surface area contributed by atoms with E-state index in [0.717, 1.165) is 0 Å². The summed E-state index contributed by atoms with van der Waals surface area (Å²) in [5.41, 5.74) is 0.341. The van der Waals surface area contributed by atoms with Crippen molar-refractivity contribution >= 4 is 23.6 Å². The number of aliphatic carboxylic acids is 1. The van der Waals surface area contributed by atoms with E-state index in [9.17, 15) is 14.4 Å². The van der Waals surface area contributed by atoms with Crippen LogP contribution in [-0.4, -0.2) is 39.8 Å². The van der Waals surface area contributed by atoms with Crippen LogP contribution in [0.15, 0.2) is 9.82 Å². The minimum Gasteiger partial charge on any atom is -0.481 e. The molecule has 0 fully saturated rings. The Labute approximate surface area is 126 Å². The third-order valence-electron chi connectivity index (χ3n) is 3.03. The van der Waals surface area contributed by atoms with Crippen molar-refractivity contribution in [2.24, 2.45) is 5.92 Å². The van der Waals surface area contributed by atoms with E-state index in [1.54, 1.807) is 20.1 Å². The average molecular weight is 313 g/mol. The zero-order valence-electron chi connectivity index (χ0n) is 12.2. The predicted molar refractivity (Wildman–Crippen MR) is 79.7 cm³/mol. The highest BCUT2D eigenvalue weighted by molar-refractivity contribution is 7.98. The summed E-state index contributed by atoms with van der Waals surface area (Å²) in [7, 11) is 0. The summed E-state index contributed by atoms with van der Waals surface area (Å²) in [6, 6.07) is 0. The zero-order valence-corrected chi connectivity index (χ0v) is 13.0. The number of carbonyl (C=O) groups is 2. The van der Waals surface area contributed by atoms with Crippen LogP contribution < -0.4 is 11.0 Å². The molecule has 0 radical (unpaired) electrons. The largest absolute Gasteiger partial charge is 0.481 e. The SMILES string of the molecule is CSc1nc(=O)[nH]c(C)c1C(=O)NCCCC(C)C(=O)O. The number of nitrogens with zero attached hydrogens (tertiary/aromatic N) is 1. The number of aromatic nitrogens is 2. The third kappa shape index (κ3) is 4.89. The molecule has 0 saturated carbocycles. The van der Waals surface area contributed by atoms with Gasteiger partial charge < -0.3 is 15.4 Å². The van der Waals surface area contributed by atoms with Gasteiger partial charge in [0.25, 0.3) is 5.91 Å². The second-order valence-corrected chi connectivity index (χ2v) is 5.48. The molecule has 8 heteroatoms. The Morgan fingerprint density at radius 2 is 2.14 bits per heavy atom. The molecule has 0 bridgehead atoms. The van der Waals surface area contributed by atoms with E-state index < -0.39 is 17.6 Å². The van der Waals surface area contributed by atoms with Crippen LogP contribution in [0.4, 0.5) is 0 Å². The molecule has 0 aliphatic rings. The number of hydrogen-bond acceptors (Lipinski definition) is 5. The van der Waals surface area contributed by atoms with Gasteiger partial charge in [-0.3, -0.25) is 9.59 Å². The molecule has 0 aliphatic carbocycles. The van der Waals surface area contributed by atoms with E-state index in [1.807, 2.05) is 0 Å². The first-order valence-electron chi connectivity index (χ1n) is 6.52. The highest BCUT2D eigenvalue weighted by Crippen LogP contribution is 2.17. The number of rotatable bonds is 7. The Morgan fingerprint density at radius 3 is 2.71 bits per heavy atom. The molecule has 1 heterocycles. The molecular formula is C13H19N3O4S. The normalized spacial score (nSPS) is 12.0. The van der Waals surface area contributed by atoms with Gasteiger partial charge in [0, 0.05) is 12.2 Å². The van der Waals surface area contributed by atoms with E-state index in [-0.39, 0.29) is 5.91 Å². The molecule has 116 valence electrons. The van der Waals surface area contributed by atoms with Crippen LogP contribution in [0.1, 0.15) is 35.8 Å². The third-order valence-corrected chi connectivity index (χ3v) is 3.71. The van der Waals surface area contributed by atoms with Gasteiger partial charge in [0.2, 0.25) is 0 Å². The Balaban J connectivity index is 2.65. The predicted octanol–water partition coefficient (Wildman–Crippen LogP) is 1.03. The molecule has 1 amide bonds. The summed E-state index contributed by atoms with van der Waals surface area (Å²) in [5.74, 6) is -1.59. The highest BCUT2D eigenvalue weighted by Gasteiger charge is 2.17. The molecule has 1 unspecified atom stereocenters. The molecule has 3 N–H and O–H groups in total. The second-order valence-electron chi connectivity index (χ2n) is 4.69. The lowest BCUT2D eigenvalue weighted by atomic mass is 10.1. The summed E-state index contributed by atoms with van der Waals surface area (Å²) < 4.78 is 0. The lowest BCUT2D eigenvalue weighted by Crippen LogP contribution is -2.29. The maximum Gasteiger partial charge on any atom is 0.346 e. The number of carboxylic acids is 1. The second kappa shape index (κ2) is 7.82. The molecule has 0 aliphatic heterocycles. The standard InChI is InChI=1S/C13H19N3O4S/c1-7(12(18)19)5-4-6-14-10(17)9-8(2)15-13(20)16-11(9)21-3/h7H,4-6H2,1-3H3,(H,14,17)(H,18,19)(H,15,16,20). The molecule has 0 spiro atoms. The number of amides is 1. The fourth-order valence-corrected chi connectivity index (χ4v) is 2.42. The fraction of sp³-hybridized carbons (Fsp3) is 0.538. The smallest absolute Gasteiger partial charge is 0.346 e. The summed E-state index contributed by atoms with van der Waals surface area (Å²) in [6.45, 7) is 3.65. The van der Waals surface area contributed by atoms with E-state index in [4.69, 9.17) is 5.11 Å². The van der Waals surface area contributed by atoms with Crippen LogP contribution in [0.2, 0.25) is 0 Å². The number of carboxylic acid groups (broad SMARTS) is 1. The Morgan fingerprint density at radius 1 is 1.48 bits per heavy atom. The van der Waals surface area contributed by atoms with E-state index >= 15 is 0 Å². The van der Waals surface area contributed by atoms with Gasteiger partial charge in [0.15, 0.2) is 0 Å². The summed E-state index contributed by atoms with van der Waals surface area (Å²) in [6.07, 6.45) is 2.81. The molecular weight excluding hydrogens is 294 g/mol. The van der Waals surface area contributed by atoms with Gasteiger partial charge in [-0.15, -0.1) is 11.8 Å². The molecule has 1 rings (SSSR count). The molecule has 1 aromatic heterocycles. The van der Waals surface area contributed by atoms with E-state index in [0.29, 0.717) is 35.7 Å². The van der Waals surface area contributed by atoms with Crippen molar-refractivity contribution in [2.75, 3.05) is 12.8 Å². The van der Waals surface area contributed by atoms with Gasteiger partial charge in [0.1, 0.15) is 5.03 Å². The van der Waals surface area contributed by atoms with Crippen molar-refractivity contribution in [3.63, 3.8) is 0 Å². The molecule has 0 aromatic carbocycles. The summed E-state index contributed by atoms with van der Waals surface area (Å²) in [5, 5.41) is 11.9. The Kier molecular flexibility index (Phi) is 6.41. The number of aromatic amines is 1. The Hall–Kier alpha value is -1.83. The first-order chi connectivity index (χ1) is 9.86. The number of carbonyl (C=O) groups excluding carboxylic acids is 1. The molecule has 1 aromatic rings. The van der Waals surface area contributed by atoms with Gasteiger partial charge in [-0.1, -0.05) is 6.92 Å². The lowest BCUT2D eigenvalue weighted by molar-refractivity contribution is -0.141. The van der Waals surface area contributed by atoms with Gasteiger partial charge in [-0.05, 0) is 26.0 Å². The van der Waals surface area contributed by atoms with Crippen molar-refractivity contribution in [1.82, 2.24) is 15.3 Å². The van der Waals surface area contributed by atoms with Gasteiger partial charge in [-0.2, -0.15) is 4.98 Å². The van der Waals surface area contributed by atoms with Gasteiger partial charge >= 0.3 is 11.7 Å². The van der Waals surface area contributed by atoms with Crippen LogP contribution in [0.3, 0.4) is 0 Å². The summed E-state index contributed by atoms with van der Waals surface area (Å²) in [4.78, 5) is 40.4. The van der Waals surface area contributed by atoms with Crippen molar-refractivity contribution in [2.45, 2.75) is 31.7 Å². The van der Waals surface area contributed by atoms with Gasteiger partial charge in [0.05, 0.1) is 11.5 Å². The minimum atomic E-state index is -0.841.